The maximum absolute atomic E-state index is 13.8. The highest BCUT2D eigenvalue weighted by Gasteiger charge is 2.25. The van der Waals surface area contributed by atoms with Crippen LogP contribution in [0.4, 0.5) is 10.3 Å². The standard InChI is InChI=1S/C27H26FN5/c1-17(32-27-31-16-21-7-4-19(15-29)13-26(21)33-27)12-18-2-5-20(6-3-18)23-10-11-30-25-9-8-22(28)14-24(23)25/h4,7-11,13-14,16-18,20H,2-3,5-6,12H2,1H3,(H,31,32,33)/t17-,18-,20+/m1/s1. The Bertz CT molecular complexity index is 1340. The number of anilines is 1. The average Bonchev–Trinajstić information content (AvgIpc) is 2.83. The van der Waals surface area contributed by atoms with E-state index in [0.717, 1.165) is 53.9 Å². The number of hydrogen-bond donors (Lipinski definition) is 1. The van der Waals surface area contributed by atoms with Crippen molar-refractivity contribution in [3.8, 4) is 6.07 Å². The average molecular weight is 440 g/mol. The number of pyridine rings is 1. The topological polar surface area (TPSA) is 74.5 Å². The molecule has 1 atom stereocenters. The molecular formula is C27H26FN5. The minimum atomic E-state index is -0.204. The monoisotopic (exact) mass is 439 g/mol. The fraction of sp³-hybridized carbons (Fsp3) is 0.333. The SMILES string of the molecule is C[C@H](C[C@H]1CC[C@@H](c2ccnc3ccc(F)cc32)CC1)Nc1ncc2ccc(C#N)cc2n1. The van der Waals surface area contributed by atoms with Gasteiger partial charge in [0.2, 0.25) is 5.95 Å². The molecule has 1 fully saturated rings. The van der Waals surface area contributed by atoms with Crippen molar-refractivity contribution in [2.24, 2.45) is 5.92 Å². The lowest BCUT2D eigenvalue weighted by atomic mass is 9.76. The molecule has 1 saturated carbocycles. The van der Waals surface area contributed by atoms with Crippen LogP contribution in [0.3, 0.4) is 0 Å². The molecule has 5 nitrogen and oxygen atoms in total. The molecule has 2 heterocycles. The zero-order valence-corrected chi connectivity index (χ0v) is 18.6. The molecule has 0 saturated heterocycles. The first kappa shape index (κ1) is 21.3. The van der Waals surface area contributed by atoms with E-state index in [1.54, 1.807) is 30.5 Å². The second-order valence-electron chi connectivity index (χ2n) is 9.14. The Balaban J connectivity index is 1.21. The number of nitriles is 1. The first-order valence-corrected chi connectivity index (χ1v) is 11.6. The smallest absolute Gasteiger partial charge is 0.223 e. The molecule has 1 aliphatic carbocycles. The zero-order valence-electron chi connectivity index (χ0n) is 18.6. The van der Waals surface area contributed by atoms with Crippen LogP contribution < -0.4 is 5.32 Å². The first-order chi connectivity index (χ1) is 16.1. The van der Waals surface area contributed by atoms with Crippen LogP contribution in [0.15, 0.2) is 54.9 Å². The lowest BCUT2D eigenvalue weighted by Crippen LogP contribution is -2.23. The van der Waals surface area contributed by atoms with Gasteiger partial charge in [0.25, 0.3) is 0 Å². The normalized spacial score (nSPS) is 19.3. The second kappa shape index (κ2) is 9.11. The van der Waals surface area contributed by atoms with E-state index in [0.29, 0.717) is 23.3 Å². The van der Waals surface area contributed by atoms with Crippen LogP contribution >= 0.6 is 0 Å². The summed E-state index contributed by atoms with van der Waals surface area (Å²) in [6.07, 6.45) is 9.22. The maximum Gasteiger partial charge on any atom is 0.223 e. The van der Waals surface area contributed by atoms with Gasteiger partial charge >= 0.3 is 0 Å². The minimum Gasteiger partial charge on any atom is -0.352 e. The van der Waals surface area contributed by atoms with Gasteiger partial charge in [-0.1, -0.05) is 0 Å². The van der Waals surface area contributed by atoms with Crippen LogP contribution in [0.2, 0.25) is 0 Å². The quantitative estimate of drug-likeness (QED) is 0.392. The van der Waals surface area contributed by atoms with Gasteiger partial charge in [-0.05, 0) is 98.9 Å². The van der Waals surface area contributed by atoms with Crippen molar-refractivity contribution in [2.45, 2.75) is 51.0 Å². The number of benzene rings is 2. The summed E-state index contributed by atoms with van der Waals surface area (Å²) < 4.78 is 13.8. The molecule has 1 N–H and O–H groups in total. The Labute approximate surface area is 192 Å². The third-order valence-corrected chi connectivity index (χ3v) is 6.80. The van der Waals surface area contributed by atoms with E-state index < -0.39 is 0 Å². The summed E-state index contributed by atoms with van der Waals surface area (Å²) in [6, 6.07) is 14.8. The molecule has 0 unspecified atom stereocenters. The Kier molecular flexibility index (Phi) is 5.87. The Morgan fingerprint density at radius 3 is 2.73 bits per heavy atom. The molecule has 33 heavy (non-hydrogen) atoms. The molecule has 0 bridgehead atoms. The fourth-order valence-electron chi connectivity index (χ4n) is 5.15. The molecule has 0 spiro atoms. The van der Waals surface area contributed by atoms with E-state index >= 15 is 0 Å². The molecule has 1 aliphatic rings. The number of fused-ring (bicyclic) bond motifs is 2. The van der Waals surface area contributed by atoms with Gasteiger partial charge in [0.15, 0.2) is 0 Å². The Morgan fingerprint density at radius 1 is 1.06 bits per heavy atom. The van der Waals surface area contributed by atoms with Gasteiger partial charge in [0.05, 0.1) is 22.7 Å². The van der Waals surface area contributed by atoms with Crippen LogP contribution in [0.25, 0.3) is 21.8 Å². The molecule has 0 radical (unpaired) electrons. The van der Waals surface area contributed by atoms with E-state index in [2.05, 4.69) is 39.3 Å². The summed E-state index contributed by atoms with van der Waals surface area (Å²) in [5.74, 6) is 1.49. The van der Waals surface area contributed by atoms with Gasteiger partial charge in [0.1, 0.15) is 5.82 Å². The van der Waals surface area contributed by atoms with E-state index in [4.69, 9.17) is 5.26 Å². The van der Waals surface area contributed by atoms with Gasteiger partial charge in [-0.3, -0.25) is 4.98 Å². The molecule has 2 aromatic carbocycles. The number of hydrogen-bond acceptors (Lipinski definition) is 5. The van der Waals surface area contributed by atoms with Gasteiger partial charge in [-0.15, -0.1) is 0 Å². The lowest BCUT2D eigenvalue weighted by Gasteiger charge is -2.31. The summed E-state index contributed by atoms with van der Waals surface area (Å²) in [5.41, 5.74) is 3.47. The van der Waals surface area contributed by atoms with Crippen LogP contribution in [-0.4, -0.2) is 21.0 Å². The van der Waals surface area contributed by atoms with E-state index in [-0.39, 0.29) is 11.9 Å². The van der Waals surface area contributed by atoms with Crippen molar-refractivity contribution >= 4 is 27.8 Å². The lowest BCUT2D eigenvalue weighted by molar-refractivity contribution is 0.302. The molecule has 5 rings (SSSR count). The number of nitrogens with zero attached hydrogens (tertiary/aromatic N) is 4. The second-order valence-corrected chi connectivity index (χ2v) is 9.14. The summed E-state index contributed by atoms with van der Waals surface area (Å²) in [5, 5.41) is 14.4. The molecular weight excluding hydrogens is 413 g/mol. The zero-order chi connectivity index (χ0) is 22.8. The number of nitrogens with one attached hydrogen (secondary N) is 1. The first-order valence-electron chi connectivity index (χ1n) is 11.6. The summed E-state index contributed by atoms with van der Waals surface area (Å²) in [6.45, 7) is 2.17. The predicted molar refractivity (Wildman–Crippen MR) is 128 cm³/mol. The minimum absolute atomic E-state index is 0.204. The highest BCUT2D eigenvalue weighted by molar-refractivity contribution is 5.82. The number of rotatable bonds is 5. The van der Waals surface area contributed by atoms with Crippen molar-refractivity contribution in [1.82, 2.24) is 15.0 Å². The maximum atomic E-state index is 13.8. The number of aromatic nitrogens is 3. The third-order valence-electron chi connectivity index (χ3n) is 6.80. The van der Waals surface area contributed by atoms with Gasteiger partial charge in [-0.25, -0.2) is 14.4 Å². The summed E-state index contributed by atoms with van der Waals surface area (Å²) >= 11 is 0. The molecule has 6 heteroatoms. The van der Waals surface area contributed by atoms with Gasteiger partial charge in [-0.2, -0.15) is 5.26 Å². The van der Waals surface area contributed by atoms with Crippen LogP contribution in [0, 0.1) is 23.1 Å². The van der Waals surface area contributed by atoms with E-state index in [1.165, 1.54) is 11.6 Å². The van der Waals surface area contributed by atoms with Crippen molar-refractivity contribution in [3.05, 3.63) is 71.8 Å². The Hall–Kier alpha value is -3.59. The molecule has 4 aromatic rings. The van der Waals surface area contributed by atoms with E-state index in [1.807, 2.05) is 12.3 Å². The van der Waals surface area contributed by atoms with Gasteiger partial charge < -0.3 is 5.32 Å². The van der Waals surface area contributed by atoms with Crippen LogP contribution in [0.1, 0.15) is 56.1 Å². The van der Waals surface area contributed by atoms with Crippen molar-refractivity contribution in [2.75, 3.05) is 5.32 Å². The van der Waals surface area contributed by atoms with Crippen molar-refractivity contribution < 1.29 is 4.39 Å². The third kappa shape index (κ3) is 4.63. The largest absolute Gasteiger partial charge is 0.352 e. The highest BCUT2D eigenvalue weighted by atomic mass is 19.1. The van der Waals surface area contributed by atoms with Crippen molar-refractivity contribution in [3.63, 3.8) is 0 Å². The number of halogens is 1. The Morgan fingerprint density at radius 2 is 1.91 bits per heavy atom. The highest BCUT2D eigenvalue weighted by Crippen LogP contribution is 2.39. The van der Waals surface area contributed by atoms with Crippen molar-refractivity contribution in [1.29, 1.82) is 5.26 Å². The molecule has 0 amide bonds. The van der Waals surface area contributed by atoms with Gasteiger partial charge in [0, 0.05) is 29.2 Å². The molecule has 0 aliphatic heterocycles. The summed E-state index contributed by atoms with van der Waals surface area (Å²) in [7, 11) is 0. The van der Waals surface area contributed by atoms with Crippen LogP contribution in [0.5, 0.6) is 0 Å². The molecule has 166 valence electrons. The predicted octanol–water partition coefficient (Wildman–Crippen LogP) is 6.35. The summed E-state index contributed by atoms with van der Waals surface area (Å²) in [4.78, 5) is 13.4. The molecule has 2 aromatic heterocycles. The van der Waals surface area contributed by atoms with E-state index in [9.17, 15) is 4.39 Å². The van der Waals surface area contributed by atoms with Crippen LogP contribution in [-0.2, 0) is 0 Å². The fourth-order valence-corrected chi connectivity index (χ4v) is 5.15.